The minimum absolute atomic E-state index is 0.327. The molecule has 0 aliphatic rings. The largest absolute Gasteiger partial charge is 0.449 e. The van der Waals surface area contributed by atoms with Crippen molar-refractivity contribution in [3.05, 3.63) is 17.8 Å². The summed E-state index contributed by atoms with van der Waals surface area (Å²) in [5.74, 6) is 0.888. The van der Waals surface area contributed by atoms with Gasteiger partial charge in [-0.2, -0.15) is 0 Å². The lowest BCUT2D eigenvalue weighted by Gasteiger charge is -2.10. The number of pyridine rings is 1. The monoisotopic (exact) mass is 410 g/mol. The van der Waals surface area contributed by atoms with E-state index in [1.807, 2.05) is 0 Å². The van der Waals surface area contributed by atoms with Gasteiger partial charge in [0, 0.05) is 7.05 Å². The Labute approximate surface area is 164 Å². The van der Waals surface area contributed by atoms with Crippen molar-refractivity contribution in [2.45, 2.75) is 33.6 Å². The van der Waals surface area contributed by atoms with Crippen molar-refractivity contribution in [1.82, 2.24) is 20.0 Å². The van der Waals surface area contributed by atoms with Crippen LogP contribution in [-0.4, -0.2) is 47.4 Å². The molecule has 0 spiro atoms. The van der Waals surface area contributed by atoms with Crippen molar-refractivity contribution in [3.63, 3.8) is 0 Å². The molecule has 0 bridgehead atoms. The summed E-state index contributed by atoms with van der Waals surface area (Å²) >= 11 is 0. The number of ether oxygens (including phenoxy) is 1. The van der Waals surface area contributed by atoms with Gasteiger partial charge in [0.05, 0.1) is 29.9 Å². The molecule has 0 radical (unpaired) electrons. The summed E-state index contributed by atoms with van der Waals surface area (Å²) in [5, 5.41) is 10.6. The average Bonchev–Trinajstić information content (AvgIpc) is 2.93. The van der Waals surface area contributed by atoms with E-state index in [1.54, 1.807) is 26.1 Å². The van der Waals surface area contributed by atoms with Gasteiger partial charge in [-0.05, 0) is 37.8 Å². The third kappa shape index (κ3) is 6.19. The van der Waals surface area contributed by atoms with Crippen LogP contribution in [0.15, 0.2) is 12.1 Å². The number of aryl methyl sites for hydroxylation is 2. The van der Waals surface area contributed by atoms with Gasteiger partial charge in [0.15, 0.2) is 11.5 Å². The Kier molecular flexibility index (Phi) is 6.95. The number of nitrogens with zero attached hydrogens (tertiary/aromatic N) is 4. The van der Waals surface area contributed by atoms with Crippen LogP contribution in [0.5, 0.6) is 0 Å². The number of hydrogen-bond acceptors (Lipinski definition) is 7. The highest BCUT2D eigenvalue weighted by atomic mass is 32.2. The van der Waals surface area contributed by atoms with E-state index >= 15 is 0 Å². The average molecular weight is 411 g/mol. The van der Waals surface area contributed by atoms with Crippen molar-refractivity contribution in [2.24, 2.45) is 13.0 Å². The number of anilines is 2. The summed E-state index contributed by atoms with van der Waals surface area (Å²) in [5.41, 5.74) is 1.64. The number of hydrogen-bond donors (Lipinski definition) is 2. The van der Waals surface area contributed by atoms with E-state index in [1.165, 1.54) is 4.68 Å². The van der Waals surface area contributed by atoms with Gasteiger partial charge in [0.2, 0.25) is 10.0 Å². The highest BCUT2D eigenvalue weighted by Crippen LogP contribution is 2.26. The SMILES string of the molecule is Cc1nc(-c2nnn(C)c2NC(=O)OCCCC(C)C)ccc1NS(C)(=O)=O. The standard InChI is InChI=1S/C17H26N6O4S/c1-11(2)7-6-10-27-17(24)19-16-15(20-22-23(16)4)14-9-8-13(12(3)18-14)21-28(5,25)26/h8-9,11,21H,6-7,10H2,1-5H3,(H,19,24). The molecule has 0 atom stereocenters. The van der Waals surface area contributed by atoms with E-state index in [0.717, 1.165) is 19.1 Å². The molecule has 0 aliphatic heterocycles. The lowest BCUT2D eigenvalue weighted by molar-refractivity contribution is 0.157. The first-order valence-electron chi connectivity index (χ1n) is 8.86. The molecule has 2 aromatic heterocycles. The molecule has 0 aromatic carbocycles. The molecule has 1 amide bonds. The maximum Gasteiger partial charge on any atom is 0.412 e. The van der Waals surface area contributed by atoms with Crippen LogP contribution in [0, 0.1) is 12.8 Å². The molecule has 154 valence electrons. The first-order chi connectivity index (χ1) is 13.1. The molecule has 2 heterocycles. The van der Waals surface area contributed by atoms with Crippen LogP contribution in [0.2, 0.25) is 0 Å². The van der Waals surface area contributed by atoms with E-state index in [2.05, 4.69) is 39.2 Å². The number of carbonyl (C=O) groups is 1. The first-order valence-corrected chi connectivity index (χ1v) is 10.7. The summed E-state index contributed by atoms with van der Waals surface area (Å²) in [6.07, 6.45) is 2.24. The molecule has 28 heavy (non-hydrogen) atoms. The van der Waals surface area contributed by atoms with Crippen molar-refractivity contribution in [3.8, 4) is 11.4 Å². The normalized spacial score (nSPS) is 11.5. The van der Waals surface area contributed by atoms with Crippen molar-refractivity contribution < 1.29 is 17.9 Å². The Hall–Kier alpha value is -2.69. The molecule has 0 saturated carbocycles. The van der Waals surface area contributed by atoms with E-state index in [4.69, 9.17) is 4.74 Å². The number of amides is 1. The van der Waals surface area contributed by atoms with Crippen molar-refractivity contribution in [2.75, 3.05) is 22.9 Å². The molecule has 0 fully saturated rings. The van der Waals surface area contributed by atoms with E-state index in [0.29, 0.717) is 41.1 Å². The van der Waals surface area contributed by atoms with Gasteiger partial charge in [0.1, 0.15) is 0 Å². The van der Waals surface area contributed by atoms with Gasteiger partial charge >= 0.3 is 6.09 Å². The summed E-state index contributed by atoms with van der Waals surface area (Å²) in [6.45, 7) is 6.22. The van der Waals surface area contributed by atoms with E-state index < -0.39 is 16.1 Å². The molecule has 0 saturated heterocycles. The minimum atomic E-state index is -3.41. The summed E-state index contributed by atoms with van der Waals surface area (Å²) < 4.78 is 31.8. The molecule has 2 N–H and O–H groups in total. The van der Waals surface area contributed by atoms with Crippen molar-refractivity contribution in [1.29, 1.82) is 0 Å². The van der Waals surface area contributed by atoms with Gasteiger partial charge in [-0.3, -0.25) is 10.0 Å². The Bertz CT molecular complexity index is 939. The van der Waals surface area contributed by atoms with Crippen LogP contribution >= 0.6 is 0 Å². The molecule has 0 unspecified atom stereocenters. The van der Waals surface area contributed by atoms with Crippen LogP contribution in [0.3, 0.4) is 0 Å². The molecular formula is C17H26N6O4S. The molecular weight excluding hydrogens is 384 g/mol. The fraction of sp³-hybridized carbons (Fsp3) is 0.529. The third-order valence-corrected chi connectivity index (χ3v) is 4.42. The topological polar surface area (TPSA) is 128 Å². The lowest BCUT2D eigenvalue weighted by Crippen LogP contribution is -2.17. The lowest BCUT2D eigenvalue weighted by atomic mass is 10.1. The minimum Gasteiger partial charge on any atom is -0.449 e. The fourth-order valence-electron chi connectivity index (χ4n) is 2.46. The number of carbonyl (C=O) groups excluding carboxylic acids is 1. The predicted molar refractivity (Wildman–Crippen MR) is 106 cm³/mol. The van der Waals surface area contributed by atoms with Crippen LogP contribution in [0.25, 0.3) is 11.4 Å². The van der Waals surface area contributed by atoms with Crippen LogP contribution < -0.4 is 10.0 Å². The zero-order valence-corrected chi connectivity index (χ0v) is 17.5. The maximum atomic E-state index is 12.1. The number of rotatable bonds is 8. The Morgan fingerprint density at radius 3 is 2.64 bits per heavy atom. The zero-order chi connectivity index (χ0) is 20.9. The second kappa shape index (κ2) is 9.00. The van der Waals surface area contributed by atoms with Gasteiger partial charge in [0.25, 0.3) is 0 Å². The van der Waals surface area contributed by atoms with Gasteiger partial charge in [-0.15, -0.1) is 5.10 Å². The fourth-order valence-corrected chi connectivity index (χ4v) is 3.07. The third-order valence-electron chi connectivity index (χ3n) is 3.83. The van der Waals surface area contributed by atoms with Gasteiger partial charge in [-0.1, -0.05) is 19.1 Å². The second-order valence-electron chi connectivity index (χ2n) is 6.91. The molecule has 2 rings (SSSR count). The highest BCUT2D eigenvalue weighted by Gasteiger charge is 2.18. The Balaban J connectivity index is 2.14. The number of aromatic nitrogens is 4. The quantitative estimate of drug-likeness (QED) is 0.640. The smallest absolute Gasteiger partial charge is 0.412 e. The summed E-state index contributed by atoms with van der Waals surface area (Å²) in [6, 6.07) is 3.19. The van der Waals surface area contributed by atoms with Crippen LogP contribution in [-0.2, 0) is 21.8 Å². The van der Waals surface area contributed by atoms with Gasteiger partial charge < -0.3 is 4.74 Å². The Morgan fingerprint density at radius 1 is 1.32 bits per heavy atom. The molecule has 10 nitrogen and oxygen atoms in total. The summed E-state index contributed by atoms with van der Waals surface area (Å²) in [7, 11) is -1.77. The zero-order valence-electron chi connectivity index (χ0n) is 16.7. The molecule has 0 aliphatic carbocycles. The molecule has 11 heteroatoms. The van der Waals surface area contributed by atoms with Crippen LogP contribution in [0.1, 0.15) is 32.4 Å². The molecule has 2 aromatic rings. The number of sulfonamides is 1. The van der Waals surface area contributed by atoms with Crippen LogP contribution in [0.4, 0.5) is 16.3 Å². The van der Waals surface area contributed by atoms with E-state index in [-0.39, 0.29) is 0 Å². The van der Waals surface area contributed by atoms with Gasteiger partial charge in [-0.25, -0.2) is 22.9 Å². The van der Waals surface area contributed by atoms with E-state index in [9.17, 15) is 13.2 Å². The summed E-state index contributed by atoms with van der Waals surface area (Å²) in [4.78, 5) is 16.4. The maximum absolute atomic E-state index is 12.1. The Morgan fingerprint density at radius 2 is 2.04 bits per heavy atom. The second-order valence-corrected chi connectivity index (χ2v) is 8.66. The predicted octanol–water partition coefficient (Wildman–Crippen LogP) is 2.54. The first kappa shape index (κ1) is 21.6. The number of nitrogens with one attached hydrogen (secondary N) is 2. The highest BCUT2D eigenvalue weighted by molar-refractivity contribution is 7.92. The van der Waals surface area contributed by atoms with Crippen molar-refractivity contribution >= 4 is 27.6 Å².